The molecule has 0 atom stereocenters. The van der Waals surface area contributed by atoms with E-state index in [1.165, 1.54) is 0 Å². The van der Waals surface area contributed by atoms with Crippen LogP contribution in [0.5, 0.6) is 0 Å². The van der Waals surface area contributed by atoms with Crippen molar-refractivity contribution in [2.24, 2.45) is 0 Å². The van der Waals surface area contributed by atoms with Crippen molar-refractivity contribution < 1.29 is 15.0 Å². The number of rotatable bonds is 0. The van der Waals surface area contributed by atoms with Gasteiger partial charge in [0.1, 0.15) is 0 Å². The van der Waals surface area contributed by atoms with Crippen LogP contribution in [0.3, 0.4) is 0 Å². The van der Waals surface area contributed by atoms with E-state index in [9.17, 15) is 0 Å². The van der Waals surface area contributed by atoms with E-state index < -0.39 is 6.16 Å². The maximum atomic E-state index is 8.33. The predicted octanol–water partition coefficient (Wildman–Crippen LogP) is -1.77. The van der Waals surface area contributed by atoms with Gasteiger partial charge in [-0.2, -0.15) is 0 Å². The molecule has 0 aliphatic carbocycles. The Labute approximate surface area is 87.3 Å². The van der Waals surface area contributed by atoms with Crippen LogP contribution in [0, 0.1) is 0 Å². The molecule has 7 heteroatoms. The van der Waals surface area contributed by atoms with E-state index in [2.05, 4.69) is 0 Å². The van der Waals surface area contributed by atoms with E-state index in [4.69, 9.17) is 15.0 Å². The fourth-order valence-corrected chi connectivity index (χ4v) is 0. The van der Waals surface area contributed by atoms with Gasteiger partial charge in [-0.15, -0.1) is 0 Å². The molecule has 0 aromatic rings. The average molecular weight is 506 g/mol. The van der Waals surface area contributed by atoms with E-state index in [0.717, 1.165) is 0 Å². The van der Waals surface area contributed by atoms with E-state index in [1.807, 2.05) is 0 Å². The molecule has 0 rings (SSSR count). The number of nitrogens with two attached hydrogens (primary N) is 2. The molecule has 0 aliphatic rings. The van der Waals surface area contributed by atoms with E-state index in [0.29, 0.717) is 0 Å². The first-order chi connectivity index (χ1) is 1.73. The van der Waals surface area contributed by atoms with Gasteiger partial charge in [0.05, 0.1) is 0 Å². The molecule has 4 radical (unpaired) electrons. The second kappa shape index (κ2) is 24.4. The van der Waals surface area contributed by atoms with E-state index in [1.54, 1.807) is 0 Å². The van der Waals surface area contributed by atoms with Crippen LogP contribution in [-0.4, -0.2) is 60.8 Å². The van der Waals surface area contributed by atoms with Crippen LogP contribution in [0.25, 0.3) is 12.3 Å². The standard InChI is InChI=1S/CH2O3.2H2N.2Pb/c2-1(3)4;;;;/h(H2,2,3,4);2*1H2;;/q;2*-1;2*+2/p-2. The zero-order chi connectivity index (χ0) is 3.58. The minimum Gasteiger partial charge on any atom is -0.693 e. The van der Waals surface area contributed by atoms with Gasteiger partial charge < -0.3 is 27.3 Å². The second-order valence-corrected chi connectivity index (χ2v) is 0.250. The van der Waals surface area contributed by atoms with Gasteiger partial charge in [0.15, 0.2) is 0 Å². The summed E-state index contributed by atoms with van der Waals surface area (Å²) in [5, 5.41) is 16.7. The fraction of sp³-hybridized carbons (Fsp3) is 0. The van der Waals surface area contributed by atoms with Gasteiger partial charge in [0, 0.05) is 0 Å². The molecule has 0 aliphatic heterocycles. The number of hydrogen-bond donors (Lipinski definition) is 0. The molecule has 0 amide bonds. The summed E-state index contributed by atoms with van der Waals surface area (Å²) in [6.45, 7) is 0. The summed E-state index contributed by atoms with van der Waals surface area (Å²) in [7, 11) is 0. The number of carboxylic acid groups (broad SMARTS) is 2. The fourth-order valence-electron chi connectivity index (χ4n) is 0. The third kappa shape index (κ3) is 239. The van der Waals surface area contributed by atoms with Crippen molar-refractivity contribution in [3.05, 3.63) is 12.3 Å². The molecule has 0 aromatic carbocycles. The molecule has 0 saturated carbocycles. The first-order valence-electron chi connectivity index (χ1n) is 0.612. The van der Waals surface area contributed by atoms with Gasteiger partial charge in [-0.25, -0.2) is 0 Å². The maximum Gasteiger partial charge on any atom is 2.00 e. The van der Waals surface area contributed by atoms with Crippen molar-refractivity contribution in [3.8, 4) is 0 Å². The summed E-state index contributed by atoms with van der Waals surface area (Å²) in [5.74, 6) is 0. The van der Waals surface area contributed by atoms with Gasteiger partial charge in [-0.3, -0.25) is 0 Å². The minimum atomic E-state index is -2.33. The normalized spacial score (nSPS) is 3.00. The van der Waals surface area contributed by atoms with Gasteiger partial charge in [0.25, 0.3) is 0 Å². The van der Waals surface area contributed by atoms with Crippen LogP contribution in [-0.2, 0) is 0 Å². The topological polar surface area (TPSA) is 130 Å². The maximum absolute atomic E-state index is 8.33. The summed E-state index contributed by atoms with van der Waals surface area (Å²) >= 11 is 0. The van der Waals surface area contributed by atoms with Crippen LogP contribution in [0.1, 0.15) is 0 Å². The molecule has 44 valence electrons. The van der Waals surface area contributed by atoms with Gasteiger partial charge >= 0.3 is 54.6 Å². The second-order valence-electron chi connectivity index (χ2n) is 0.250. The van der Waals surface area contributed by atoms with E-state index in [-0.39, 0.29) is 66.9 Å². The zero-order valence-corrected chi connectivity index (χ0v) is 11.7. The monoisotopic (exact) mass is 508 g/mol. The Morgan fingerprint density at radius 1 is 1.00 bits per heavy atom. The molecular formula is CH4N2O3Pb2. The Balaban J connectivity index is -0.00000000750. The van der Waals surface area contributed by atoms with Crippen LogP contribution in [0.15, 0.2) is 0 Å². The van der Waals surface area contributed by atoms with Crippen molar-refractivity contribution >= 4 is 60.8 Å². The number of hydrogen-bond acceptors (Lipinski definition) is 3. The van der Waals surface area contributed by atoms with Crippen LogP contribution in [0.4, 0.5) is 4.79 Å². The van der Waals surface area contributed by atoms with E-state index >= 15 is 0 Å². The summed E-state index contributed by atoms with van der Waals surface area (Å²) in [6, 6.07) is 0. The SMILES string of the molecule is O=C([O-])[O-].[NH2-].[NH2-].[Pb+2].[Pb+2]. The van der Waals surface area contributed by atoms with Crippen LogP contribution in [0.2, 0.25) is 0 Å². The zero-order valence-electron chi connectivity index (χ0n) is 3.88. The molecular weight excluding hydrogens is 502 g/mol. The minimum absolute atomic E-state index is 0. The number of carbonyl (C=O) groups excluding carboxylic acids is 1. The van der Waals surface area contributed by atoms with Crippen LogP contribution < -0.4 is 10.2 Å². The number of carbonyl (C=O) groups is 1. The Morgan fingerprint density at radius 3 is 1.00 bits per heavy atom. The summed E-state index contributed by atoms with van der Waals surface area (Å²) < 4.78 is 0. The molecule has 0 unspecified atom stereocenters. The third-order valence-corrected chi connectivity index (χ3v) is 0. The Morgan fingerprint density at radius 2 is 1.00 bits per heavy atom. The van der Waals surface area contributed by atoms with Crippen molar-refractivity contribution in [1.82, 2.24) is 0 Å². The van der Waals surface area contributed by atoms with Gasteiger partial charge in [-0.1, -0.05) is 0 Å². The summed E-state index contributed by atoms with van der Waals surface area (Å²) in [6.07, 6.45) is -2.33. The van der Waals surface area contributed by atoms with Gasteiger partial charge in [-0.05, 0) is 6.16 Å². The summed E-state index contributed by atoms with van der Waals surface area (Å²) in [4.78, 5) is 8.33. The third-order valence-electron chi connectivity index (χ3n) is 0. The van der Waals surface area contributed by atoms with Crippen LogP contribution >= 0.6 is 0 Å². The largest absolute Gasteiger partial charge is 2.00 e. The van der Waals surface area contributed by atoms with Crippen molar-refractivity contribution in [3.63, 3.8) is 0 Å². The molecule has 5 nitrogen and oxygen atoms in total. The first-order valence-corrected chi connectivity index (χ1v) is 0.612. The predicted molar refractivity (Wildman–Crippen MR) is 27.5 cm³/mol. The van der Waals surface area contributed by atoms with Gasteiger partial charge in [0.2, 0.25) is 0 Å². The summed E-state index contributed by atoms with van der Waals surface area (Å²) in [5.41, 5.74) is 0. The molecule has 4 N–H and O–H groups in total. The molecule has 0 fully saturated rings. The molecule has 0 spiro atoms. The van der Waals surface area contributed by atoms with Crippen molar-refractivity contribution in [1.29, 1.82) is 0 Å². The Kier molecular flexibility index (Phi) is 109. The first kappa shape index (κ1) is 35.8. The van der Waals surface area contributed by atoms with Crippen molar-refractivity contribution in [2.75, 3.05) is 0 Å². The molecule has 0 heterocycles. The smallest absolute Gasteiger partial charge is 0.693 e. The Hall–Kier alpha value is 1.03. The van der Waals surface area contributed by atoms with Crippen molar-refractivity contribution in [2.45, 2.75) is 0 Å². The molecule has 0 saturated heterocycles. The quantitative estimate of drug-likeness (QED) is 0.360. The Bertz CT molecular complexity index is 38.3. The molecule has 8 heavy (non-hydrogen) atoms. The average Bonchev–Trinajstić information content (AvgIpc) is 0.811. The molecule has 0 aromatic heterocycles. The molecule has 0 bridgehead atoms.